The molecule has 1 amide bonds. The lowest BCUT2D eigenvalue weighted by Crippen LogP contribution is -2.68. The molecule has 16 heteroatoms. The molecule has 2 aliphatic heterocycles. The van der Waals surface area contributed by atoms with Crippen molar-refractivity contribution in [1.29, 1.82) is 0 Å². The molecule has 0 aromatic carbocycles. The van der Waals surface area contributed by atoms with E-state index >= 15 is 0 Å². The van der Waals surface area contributed by atoms with Crippen LogP contribution < -0.4 is 34.4 Å². The minimum Gasteiger partial charge on any atom is -0.447 e. The van der Waals surface area contributed by atoms with E-state index in [0.29, 0.717) is 0 Å². The highest BCUT2D eigenvalue weighted by molar-refractivity contribution is 5.64. The number of aliphatic hydroxyl groups is 4. The molecule has 14 atom stereocenters. The van der Waals surface area contributed by atoms with Crippen LogP contribution in [0.4, 0.5) is 4.79 Å². The first kappa shape index (κ1) is 28.3. The number of carbonyl (C=O) groups is 1. The third-order valence-corrected chi connectivity index (χ3v) is 6.64. The van der Waals surface area contributed by atoms with Crippen molar-refractivity contribution in [2.75, 3.05) is 13.2 Å². The van der Waals surface area contributed by atoms with Crippen LogP contribution in [-0.2, 0) is 23.7 Å². The van der Waals surface area contributed by atoms with Crippen LogP contribution in [0.1, 0.15) is 12.8 Å². The van der Waals surface area contributed by atoms with Crippen LogP contribution in [0.3, 0.4) is 0 Å². The Hall–Kier alpha value is -1.25. The van der Waals surface area contributed by atoms with E-state index in [2.05, 4.69) is 0 Å². The zero-order valence-electron chi connectivity index (χ0n) is 19.1. The summed E-state index contributed by atoms with van der Waals surface area (Å²) in [6.45, 7) is -0.459. The van der Waals surface area contributed by atoms with Crippen LogP contribution in [0.15, 0.2) is 0 Å². The molecular weight excluding hydrogens is 472 g/mol. The summed E-state index contributed by atoms with van der Waals surface area (Å²) in [7, 11) is 0. The average Bonchev–Trinajstić information content (AvgIpc) is 2.80. The average molecular weight is 511 g/mol. The SMILES string of the molecule is NC[C@H]1O[C@H](O[C@H]2[C@H](O)[C@@H](O[C@@H]3C[C@@H](N)[C@H](O)[C@@H](COC(N)=O)O3)[C@H](N)C[C@@H]2N)[C@H](N)[C@@H](O)[C@@H]1O. The number of primary amides is 1. The number of nitrogens with two attached hydrogens (primary N) is 6. The smallest absolute Gasteiger partial charge is 0.404 e. The van der Waals surface area contributed by atoms with E-state index in [0.717, 1.165) is 0 Å². The van der Waals surface area contributed by atoms with Gasteiger partial charge in [-0.2, -0.15) is 0 Å². The molecule has 0 spiro atoms. The Morgan fingerprint density at radius 2 is 1.43 bits per heavy atom. The highest BCUT2D eigenvalue weighted by Gasteiger charge is 2.49. The van der Waals surface area contributed by atoms with Crippen molar-refractivity contribution < 1.29 is 48.9 Å². The first-order valence-electron chi connectivity index (χ1n) is 11.4. The number of rotatable bonds is 7. The standard InChI is InChI=1S/C19H38N6O10/c20-3-8-13(27)14(28)11(24)18(33-8)35-17-7(23)1-6(22)16(15(17)29)34-10-2-5(21)12(26)9(32-10)4-31-19(25)30/h5-18,26-29H,1-4,20-24H2,(H2,25,30)/t5-,6-,7+,8-,9-,10-,11-,12+,13-,14-,15-,16+,17-,18-/m1/s1. The fraction of sp³-hybridized carbons (Fsp3) is 0.947. The van der Waals surface area contributed by atoms with Gasteiger partial charge in [0.05, 0.1) is 12.1 Å². The lowest BCUT2D eigenvalue weighted by Gasteiger charge is -2.47. The molecule has 16 N–H and O–H groups in total. The van der Waals surface area contributed by atoms with Crippen LogP contribution in [0.25, 0.3) is 0 Å². The molecule has 3 aliphatic rings. The van der Waals surface area contributed by atoms with Gasteiger partial charge in [0.25, 0.3) is 0 Å². The monoisotopic (exact) mass is 510 g/mol. The van der Waals surface area contributed by atoms with Crippen LogP contribution >= 0.6 is 0 Å². The van der Waals surface area contributed by atoms with Gasteiger partial charge in [-0.05, 0) is 6.42 Å². The minimum atomic E-state index is -1.38. The van der Waals surface area contributed by atoms with Crippen LogP contribution in [0.2, 0.25) is 0 Å². The fourth-order valence-electron chi connectivity index (χ4n) is 4.60. The Balaban J connectivity index is 1.68. The van der Waals surface area contributed by atoms with E-state index in [1.807, 2.05) is 0 Å². The summed E-state index contributed by atoms with van der Waals surface area (Å²) in [5.41, 5.74) is 34.9. The number of amides is 1. The van der Waals surface area contributed by atoms with E-state index in [1.54, 1.807) is 0 Å². The second kappa shape index (κ2) is 11.9. The Bertz CT molecular complexity index is 709. The highest BCUT2D eigenvalue weighted by Crippen LogP contribution is 2.30. The molecule has 0 unspecified atom stereocenters. The molecule has 204 valence electrons. The van der Waals surface area contributed by atoms with Crippen LogP contribution in [-0.4, -0.2) is 125 Å². The Morgan fingerprint density at radius 3 is 2.03 bits per heavy atom. The van der Waals surface area contributed by atoms with E-state index < -0.39 is 91.7 Å². The number of aliphatic hydroxyl groups excluding tert-OH is 4. The summed E-state index contributed by atoms with van der Waals surface area (Å²) in [6.07, 6.45) is -12.3. The van der Waals surface area contributed by atoms with Gasteiger partial charge in [-0.15, -0.1) is 0 Å². The van der Waals surface area contributed by atoms with Crippen LogP contribution in [0, 0.1) is 0 Å². The summed E-state index contributed by atoms with van der Waals surface area (Å²) in [4.78, 5) is 10.9. The third-order valence-electron chi connectivity index (χ3n) is 6.64. The second-order valence-electron chi connectivity index (χ2n) is 9.22. The summed E-state index contributed by atoms with van der Waals surface area (Å²) >= 11 is 0. The van der Waals surface area contributed by atoms with Gasteiger partial charge in [0.2, 0.25) is 0 Å². The van der Waals surface area contributed by atoms with E-state index in [9.17, 15) is 25.2 Å². The maximum atomic E-state index is 11.1. The van der Waals surface area contributed by atoms with Crippen LogP contribution in [0.5, 0.6) is 0 Å². The summed E-state index contributed by atoms with van der Waals surface area (Å²) in [5, 5.41) is 41.5. The molecule has 1 saturated carbocycles. The maximum absolute atomic E-state index is 11.1. The Labute approximate surface area is 201 Å². The molecule has 0 bridgehead atoms. The zero-order chi connectivity index (χ0) is 26.0. The maximum Gasteiger partial charge on any atom is 0.404 e. The summed E-state index contributed by atoms with van der Waals surface area (Å²) < 4.78 is 27.7. The van der Waals surface area contributed by atoms with Gasteiger partial charge in [-0.3, -0.25) is 0 Å². The predicted molar refractivity (Wildman–Crippen MR) is 117 cm³/mol. The van der Waals surface area contributed by atoms with Crippen molar-refractivity contribution in [2.45, 2.75) is 98.4 Å². The molecule has 3 rings (SSSR count). The first-order valence-corrected chi connectivity index (χ1v) is 11.4. The first-order chi connectivity index (χ1) is 16.4. The van der Waals surface area contributed by atoms with Crippen molar-refractivity contribution in [3.63, 3.8) is 0 Å². The fourth-order valence-corrected chi connectivity index (χ4v) is 4.60. The molecular formula is C19H38N6O10. The van der Waals surface area contributed by atoms with Crippen molar-refractivity contribution in [3.05, 3.63) is 0 Å². The van der Waals surface area contributed by atoms with E-state index in [-0.39, 0.29) is 26.0 Å². The molecule has 1 aliphatic carbocycles. The van der Waals surface area contributed by atoms with Gasteiger partial charge in [0, 0.05) is 31.1 Å². The summed E-state index contributed by atoms with van der Waals surface area (Å²) in [5.74, 6) is 0. The predicted octanol–water partition coefficient (Wildman–Crippen LogP) is -6.19. The third kappa shape index (κ3) is 6.37. The summed E-state index contributed by atoms with van der Waals surface area (Å²) in [6, 6.07) is -3.40. The Morgan fingerprint density at radius 1 is 0.800 bits per heavy atom. The lowest BCUT2D eigenvalue weighted by atomic mass is 9.84. The molecule has 2 saturated heterocycles. The van der Waals surface area contributed by atoms with E-state index in [1.165, 1.54) is 0 Å². The second-order valence-corrected chi connectivity index (χ2v) is 9.22. The molecule has 0 aromatic rings. The normalized spacial score (nSPS) is 48.9. The van der Waals surface area contributed by atoms with Gasteiger partial charge < -0.3 is 78.5 Å². The molecule has 0 radical (unpaired) electrons. The lowest BCUT2D eigenvalue weighted by molar-refractivity contribution is -0.303. The quantitative estimate of drug-likeness (QED) is 0.152. The van der Waals surface area contributed by atoms with Crippen molar-refractivity contribution in [2.24, 2.45) is 34.4 Å². The topological polar surface area (TPSA) is 300 Å². The Kier molecular flexibility index (Phi) is 9.60. The van der Waals surface area contributed by atoms with Gasteiger partial charge in [-0.25, -0.2) is 4.79 Å². The van der Waals surface area contributed by atoms with Gasteiger partial charge in [0.15, 0.2) is 12.6 Å². The minimum absolute atomic E-state index is 0.0562. The van der Waals surface area contributed by atoms with Gasteiger partial charge in [-0.1, -0.05) is 0 Å². The molecule has 0 aromatic heterocycles. The number of ether oxygens (including phenoxy) is 5. The molecule has 35 heavy (non-hydrogen) atoms. The number of hydrogen-bond acceptors (Lipinski definition) is 15. The number of hydrogen-bond donors (Lipinski definition) is 10. The van der Waals surface area contributed by atoms with Crippen molar-refractivity contribution in [3.8, 4) is 0 Å². The zero-order valence-corrected chi connectivity index (χ0v) is 19.1. The van der Waals surface area contributed by atoms with Gasteiger partial charge >= 0.3 is 6.09 Å². The van der Waals surface area contributed by atoms with Gasteiger partial charge in [0.1, 0.15) is 49.3 Å². The largest absolute Gasteiger partial charge is 0.447 e. The highest BCUT2D eigenvalue weighted by atomic mass is 16.7. The number of carbonyl (C=O) groups excluding carboxylic acids is 1. The molecule has 16 nitrogen and oxygen atoms in total. The molecule has 3 fully saturated rings. The van der Waals surface area contributed by atoms with Crippen molar-refractivity contribution >= 4 is 6.09 Å². The van der Waals surface area contributed by atoms with Crippen molar-refractivity contribution in [1.82, 2.24) is 0 Å². The van der Waals surface area contributed by atoms with E-state index in [4.69, 9.17) is 58.1 Å². The molecule has 2 heterocycles.